The lowest BCUT2D eigenvalue weighted by Crippen LogP contribution is -2.41. The van der Waals surface area contributed by atoms with E-state index in [1.54, 1.807) is 36.4 Å². The largest absolute Gasteiger partial charge is 0.455 e. The van der Waals surface area contributed by atoms with Crippen molar-refractivity contribution in [3.63, 3.8) is 0 Å². The Bertz CT molecular complexity index is 2010. The van der Waals surface area contributed by atoms with Crippen molar-refractivity contribution >= 4 is 46.5 Å². The minimum Gasteiger partial charge on any atom is -0.455 e. The molecule has 3 aromatic carbocycles. The number of halogens is 1. The summed E-state index contributed by atoms with van der Waals surface area (Å²) in [5.41, 5.74) is 3.23. The molecule has 0 radical (unpaired) electrons. The van der Waals surface area contributed by atoms with Gasteiger partial charge in [0.25, 0.3) is 0 Å². The van der Waals surface area contributed by atoms with E-state index in [1.165, 1.54) is 31.1 Å². The zero-order chi connectivity index (χ0) is 34.5. The molecular formula is C35H29ClN6O7. The molecule has 1 unspecified atom stereocenters. The summed E-state index contributed by atoms with van der Waals surface area (Å²) in [4.78, 5) is 51.6. The Balaban J connectivity index is 1.39. The molecule has 1 aliphatic rings. The van der Waals surface area contributed by atoms with E-state index in [2.05, 4.69) is 20.3 Å². The standard InChI is InChI=1S/C35H29ClN6O7/c1-20(43)46-30-29(48-34(31(30)47-21(2)44)42-19-41-27-32(38-17-16-37)39-18-40-33(27)42)28(24-12-14-26(36)15-13-24)49-35(45)25-10-8-23(9-11-25)22-6-4-3-5-7-22/h3-15,18-19,28-31,34H,17H2,1-2H3,(H,38,39,40)/t28?,29-,30-,31-,34+/m1/s1. The third-order valence-corrected chi connectivity index (χ3v) is 8.01. The molecule has 1 N–H and O–H groups in total. The van der Waals surface area contributed by atoms with E-state index in [0.717, 1.165) is 11.1 Å². The molecule has 0 aliphatic carbocycles. The first kappa shape index (κ1) is 33.1. The Morgan fingerprint density at radius 1 is 0.918 bits per heavy atom. The number of hydrogen-bond acceptors (Lipinski definition) is 12. The Labute approximate surface area is 285 Å². The summed E-state index contributed by atoms with van der Waals surface area (Å²) in [5.74, 6) is -1.74. The Kier molecular flexibility index (Phi) is 9.79. The fraction of sp³-hybridized carbons (Fsp3) is 0.229. The highest BCUT2D eigenvalue weighted by molar-refractivity contribution is 6.30. The first-order chi connectivity index (χ1) is 23.7. The first-order valence-corrected chi connectivity index (χ1v) is 15.5. The summed E-state index contributed by atoms with van der Waals surface area (Å²) in [5, 5.41) is 12.4. The zero-order valence-corrected chi connectivity index (χ0v) is 27.0. The lowest BCUT2D eigenvalue weighted by Gasteiger charge is -2.28. The minimum atomic E-state index is -1.25. The van der Waals surface area contributed by atoms with E-state index < -0.39 is 48.6 Å². The third kappa shape index (κ3) is 7.20. The van der Waals surface area contributed by atoms with E-state index in [9.17, 15) is 14.4 Å². The Hall–Kier alpha value is -5.84. The highest BCUT2D eigenvalue weighted by atomic mass is 35.5. The number of ether oxygens (including phenoxy) is 4. The number of fused-ring (bicyclic) bond motifs is 1. The molecule has 1 saturated heterocycles. The molecule has 1 fully saturated rings. The van der Waals surface area contributed by atoms with Gasteiger partial charge in [-0.05, 0) is 41.0 Å². The van der Waals surface area contributed by atoms with E-state index in [-0.39, 0.29) is 17.8 Å². The lowest BCUT2D eigenvalue weighted by atomic mass is 9.98. The maximum Gasteiger partial charge on any atom is 0.338 e. The molecule has 1 aliphatic heterocycles. The van der Waals surface area contributed by atoms with E-state index in [0.29, 0.717) is 21.9 Å². The van der Waals surface area contributed by atoms with Gasteiger partial charge in [-0.15, -0.1) is 0 Å². The van der Waals surface area contributed by atoms with Crippen LogP contribution in [0.2, 0.25) is 5.02 Å². The second kappa shape index (κ2) is 14.5. The molecule has 0 amide bonds. The third-order valence-electron chi connectivity index (χ3n) is 7.76. The molecule has 0 bridgehead atoms. The molecule has 13 nitrogen and oxygen atoms in total. The average molecular weight is 681 g/mol. The van der Waals surface area contributed by atoms with Gasteiger partial charge in [0.05, 0.1) is 18.0 Å². The minimum absolute atomic E-state index is 0.0330. The average Bonchev–Trinajstić information content (AvgIpc) is 3.68. The van der Waals surface area contributed by atoms with Crippen LogP contribution in [0.4, 0.5) is 5.82 Å². The van der Waals surface area contributed by atoms with Crippen LogP contribution in [-0.2, 0) is 28.5 Å². The van der Waals surface area contributed by atoms with Gasteiger partial charge in [0.1, 0.15) is 19.0 Å². The van der Waals surface area contributed by atoms with Gasteiger partial charge in [-0.25, -0.2) is 19.7 Å². The van der Waals surface area contributed by atoms with Crippen molar-refractivity contribution in [1.82, 2.24) is 19.5 Å². The molecule has 0 saturated carbocycles. The monoisotopic (exact) mass is 680 g/mol. The number of benzene rings is 3. The van der Waals surface area contributed by atoms with Crippen LogP contribution in [0.1, 0.15) is 42.1 Å². The number of nitrogens with one attached hydrogen (secondary N) is 1. The summed E-state index contributed by atoms with van der Waals surface area (Å²) in [7, 11) is 0. The zero-order valence-electron chi connectivity index (χ0n) is 26.2. The summed E-state index contributed by atoms with van der Waals surface area (Å²) in [6, 6.07) is 25.2. The molecule has 14 heteroatoms. The summed E-state index contributed by atoms with van der Waals surface area (Å²) >= 11 is 6.20. The number of carbonyl (C=O) groups is 3. The normalized spacial score (nSPS) is 19.1. The SMILES string of the molecule is CC(=O)O[C@@H]1[C@H](OC(C)=O)[C@@H](C(OC(=O)c2ccc(-c3ccccc3)cc2)c2ccc(Cl)cc2)O[C@@H]1n1cnc2c(NCC#N)ncnc21. The lowest BCUT2D eigenvalue weighted by molar-refractivity contribution is -0.166. The number of imidazole rings is 1. The van der Waals surface area contributed by atoms with E-state index in [1.807, 2.05) is 48.5 Å². The molecule has 2 aromatic heterocycles. The van der Waals surface area contributed by atoms with Crippen molar-refractivity contribution in [2.75, 3.05) is 11.9 Å². The molecule has 49 heavy (non-hydrogen) atoms. The Morgan fingerprint density at radius 2 is 1.59 bits per heavy atom. The van der Waals surface area contributed by atoms with Crippen LogP contribution in [0.5, 0.6) is 0 Å². The highest BCUT2D eigenvalue weighted by Gasteiger charge is 2.54. The highest BCUT2D eigenvalue weighted by Crippen LogP contribution is 2.42. The van der Waals surface area contributed by atoms with E-state index in [4.69, 9.17) is 35.8 Å². The molecule has 3 heterocycles. The maximum atomic E-state index is 13.7. The molecular weight excluding hydrogens is 652 g/mol. The maximum absolute atomic E-state index is 13.7. The molecule has 248 valence electrons. The second-order valence-electron chi connectivity index (χ2n) is 11.0. The number of hydrogen-bond donors (Lipinski definition) is 1. The van der Waals surface area contributed by atoms with Crippen LogP contribution in [0.3, 0.4) is 0 Å². The summed E-state index contributed by atoms with van der Waals surface area (Å²) < 4.78 is 25.7. The van der Waals surface area contributed by atoms with Gasteiger partial charge in [-0.3, -0.25) is 14.2 Å². The number of nitriles is 1. The van der Waals surface area contributed by atoms with Crippen LogP contribution in [0.15, 0.2) is 91.5 Å². The van der Waals surface area contributed by atoms with Crippen LogP contribution in [0, 0.1) is 11.3 Å². The summed E-state index contributed by atoms with van der Waals surface area (Å²) in [6.45, 7) is 2.39. The van der Waals surface area contributed by atoms with Gasteiger partial charge in [0, 0.05) is 18.9 Å². The van der Waals surface area contributed by atoms with Crippen molar-refractivity contribution < 1.29 is 33.3 Å². The van der Waals surface area contributed by atoms with Crippen molar-refractivity contribution in [2.24, 2.45) is 0 Å². The second-order valence-corrected chi connectivity index (χ2v) is 11.5. The van der Waals surface area contributed by atoms with Crippen LogP contribution in [0.25, 0.3) is 22.3 Å². The number of rotatable bonds is 10. The predicted octanol–water partition coefficient (Wildman–Crippen LogP) is 5.44. The predicted molar refractivity (Wildman–Crippen MR) is 176 cm³/mol. The molecule has 6 rings (SSSR count). The van der Waals surface area contributed by atoms with Gasteiger partial charge < -0.3 is 24.3 Å². The first-order valence-electron chi connectivity index (χ1n) is 15.1. The fourth-order valence-electron chi connectivity index (χ4n) is 5.66. The number of nitrogens with zero attached hydrogens (tertiary/aromatic N) is 5. The molecule has 5 aromatic rings. The quantitative estimate of drug-likeness (QED) is 0.113. The Morgan fingerprint density at radius 3 is 2.27 bits per heavy atom. The van der Waals surface area contributed by atoms with Gasteiger partial charge in [-0.1, -0.05) is 66.2 Å². The van der Waals surface area contributed by atoms with Crippen molar-refractivity contribution in [3.05, 3.63) is 108 Å². The number of aromatic nitrogens is 4. The van der Waals surface area contributed by atoms with E-state index >= 15 is 0 Å². The van der Waals surface area contributed by atoms with Crippen molar-refractivity contribution in [2.45, 2.75) is 44.5 Å². The van der Waals surface area contributed by atoms with Crippen molar-refractivity contribution in [1.29, 1.82) is 5.26 Å². The molecule has 5 atom stereocenters. The molecule has 0 spiro atoms. The topological polar surface area (TPSA) is 168 Å². The summed E-state index contributed by atoms with van der Waals surface area (Å²) in [6.07, 6.45) is -3.32. The number of anilines is 1. The number of esters is 3. The van der Waals surface area contributed by atoms with Gasteiger partial charge in [-0.2, -0.15) is 5.26 Å². The van der Waals surface area contributed by atoms with Crippen LogP contribution >= 0.6 is 11.6 Å². The van der Waals surface area contributed by atoms with Crippen LogP contribution in [-0.4, -0.2) is 62.3 Å². The van der Waals surface area contributed by atoms with Crippen LogP contribution < -0.4 is 5.32 Å². The van der Waals surface area contributed by atoms with Gasteiger partial charge in [0.2, 0.25) is 0 Å². The van der Waals surface area contributed by atoms with Crippen molar-refractivity contribution in [3.8, 4) is 17.2 Å². The number of carbonyl (C=O) groups excluding carboxylic acids is 3. The fourth-order valence-corrected chi connectivity index (χ4v) is 5.78. The smallest absolute Gasteiger partial charge is 0.338 e. The van der Waals surface area contributed by atoms with Gasteiger partial charge in [0.15, 0.2) is 41.5 Å². The van der Waals surface area contributed by atoms with Gasteiger partial charge >= 0.3 is 17.9 Å².